The minimum atomic E-state index is -0.254. The molecule has 1 aliphatic heterocycles. The van der Waals surface area contributed by atoms with E-state index in [4.69, 9.17) is 11.6 Å². The molecule has 106 valence electrons. The van der Waals surface area contributed by atoms with Crippen LogP contribution >= 0.6 is 27.5 Å². The molecule has 0 atom stereocenters. The highest BCUT2D eigenvalue weighted by molar-refractivity contribution is 9.08. The Bertz CT molecular complexity index is 710. The monoisotopic (exact) mass is 363 g/mol. The van der Waals surface area contributed by atoms with E-state index in [-0.39, 0.29) is 18.4 Å². The van der Waals surface area contributed by atoms with E-state index in [9.17, 15) is 9.59 Å². The molecule has 1 aliphatic rings. The summed E-state index contributed by atoms with van der Waals surface area (Å²) in [5, 5.41) is 1.27. The van der Waals surface area contributed by atoms with Crippen molar-refractivity contribution in [1.82, 2.24) is 4.90 Å². The van der Waals surface area contributed by atoms with Crippen molar-refractivity contribution >= 4 is 39.3 Å². The van der Waals surface area contributed by atoms with Crippen LogP contribution in [0.4, 0.5) is 0 Å². The van der Waals surface area contributed by atoms with Crippen LogP contribution in [0.5, 0.6) is 0 Å². The third-order valence-corrected chi connectivity index (χ3v) is 4.26. The SMILES string of the molecule is O=C1c2ccccc2C(=O)N1Cc1cc(Cl)cc(CBr)c1. The summed E-state index contributed by atoms with van der Waals surface area (Å²) in [5.74, 6) is -0.507. The summed E-state index contributed by atoms with van der Waals surface area (Å²) in [7, 11) is 0. The first-order valence-corrected chi connectivity index (χ1v) is 7.89. The van der Waals surface area contributed by atoms with Gasteiger partial charge in [-0.2, -0.15) is 0 Å². The van der Waals surface area contributed by atoms with E-state index in [2.05, 4.69) is 15.9 Å². The number of carbonyl (C=O) groups excluding carboxylic acids is 2. The molecule has 1 heterocycles. The molecule has 2 aromatic carbocycles. The molecule has 0 N–H and O–H groups in total. The van der Waals surface area contributed by atoms with Gasteiger partial charge in [0.25, 0.3) is 11.8 Å². The molecule has 0 fully saturated rings. The third-order valence-electron chi connectivity index (χ3n) is 3.39. The zero-order valence-corrected chi connectivity index (χ0v) is 13.3. The minimum absolute atomic E-state index is 0.229. The maximum Gasteiger partial charge on any atom is 0.261 e. The molecule has 0 unspecified atom stereocenters. The van der Waals surface area contributed by atoms with Crippen molar-refractivity contribution in [2.75, 3.05) is 0 Å². The number of benzene rings is 2. The van der Waals surface area contributed by atoms with Crippen molar-refractivity contribution in [2.45, 2.75) is 11.9 Å². The lowest BCUT2D eigenvalue weighted by Gasteiger charge is -2.14. The summed E-state index contributed by atoms with van der Waals surface area (Å²) in [6.07, 6.45) is 0. The Morgan fingerprint density at radius 1 is 0.952 bits per heavy atom. The number of imide groups is 1. The molecule has 0 bridgehead atoms. The average molecular weight is 365 g/mol. The predicted molar refractivity (Wildman–Crippen MR) is 84.7 cm³/mol. The van der Waals surface area contributed by atoms with Crippen molar-refractivity contribution in [3.05, 3.63) is 69.7 Å². The van der Waals surface area contributed by atoms with Crippen molar-refractivity contribution in [3.8, 4) is 0 Å². The second-order valence-corrected chi connectivity index (χ2v) is 5.84. The maximum atomic E-state index is 12.3. The molecule has 0 aromatic heterocycles. The summed E-state index contributed by atoms with van der Waals surface area (Å²) < 4.78 is 0. The van der Waals surface area contributed by atoms with Crippen molar-refractivity contribution in [2.24, 2.45) is 0 Å². The van der Waals surface area contributed by atoms with E-state index in [0.29, 0.717) is 21.5 Å². The number of rotatable bonds is 3. The van der Waals surface area contributed by atoms with Crippen LogP contribution in [0.1, 0.15) is 31.8 Å². The quantitative estimate of drug-likeness (QED) is 0.609. The molecule has 0 spiro atoms. The highest BCUT2D eigenvalue weighted by atomic mass is 79.9. The Morgan fingerprint density at radius 2 is 1.52 bits per heavy atom. The van der Waals surface area contributed by atoms with Crippen LogP contribution in [0.15, 0.2) is 42.5 Å². The number of hydrogen-bond donors (Lipinski definition) is 0. The molecule has 3 rings (SSSR count). The van der Waals surface area contributed by atoms with E-state index in [0.717, 1.165) is 11.1 Å². The smallest absolute Gasteiger partial charge is 0.261 e. The first kappa shape index (κ1) is 14.3. The Balaban J connectivity index is 1.92. The first-order valence-electron chi connectivity index (χ1n) is 6.39. The third kappa shape index (κ3) is 2.61. The predicted octanol–water partition coefficient (Wildman–Crippen LogP) is 4.03. The number of halogens is 2. The fourth-order valence-electron chi connectivity index (χ4n) is 2.45. The normalized spacial score (nSPS) is 13.7. The van der Waals surface area contributed by atoms with Gasteiger partial charge in [0, 0.05) is 10.4 Å². The van der Waals surface area contributed by atoms with Gasteiger partial charge in [-0.15, -0.1) is 0 Å². The van der Waals surface area contributed by atoms with Crippen LogP contribution in [0.3, 0.4) is 0 Å². The minimum Gasteiger partial charge on any atom is -0.270 e. The average Bonchev–Trinajstić information content (AvgIpc) is 2.72. The van der Waals surface area contributed by atoms with E-state index < -0.39 is 0 Å². The summed E-state index contributed by atoms with van der Waals surface area (Å²) in [5.41, 5.74) is 2.77. The zero-order valence-electron chi connectivity index (χ0n) is 11.0. The summed E-state index contributed by atoms with van der Waals surface area (Å²) in [6.45, 7) is 0.229. The van der Waals surface area contributed by atoms with Gasteiger partial charge in [0.2, 0.25) is 0 Å². The lowest BCUT2D eigenvalue weighted by Crippen LogP contribution is -2.29. The summed E-state index contributed by atoms with van der Waals surface area (Å²) in [6, 6.07) is 12.4. The van der Waals surface area contributed by atoms with E-state index in [1.807, 2.05) is 12.1 Å². The molecule has 2 amide bonds. The van der Waals surface area contributed by atoms with Gasteiger partial charge in [-0.1, -0.05) is 45.7 Å². The number of nitrogens with zero attached hydrogens (tertiary/aromatic N) is 1. The van der Waals surface area contributed by atoms with Gasteiger partial charge in [0.1, 0.15) is 0 Å². The van der Waals surface area contributed by atoms with Gasteiger partial charge in [-0.3, -0.25) is 14.5 Å². The zero-order chi connectivity index (χ0) is 15.0. The summed E-state index contributed by atoms with van der Waals surface area (Å²) >= 11 is 9.45. The standard InChI is InChI=1S/C16H11BrClNO2/c17-8-10-5-11(7-12(18)6-10)9-19-15(20)13-3-1-2-4-14(13)16(19)21/h1-7H,8-9H2. The largest absolute Gasteiger partial charge is 0.270 e. The van der Waals surface area contributed by atoms with Crippen LogP contribution in [0.2, 0.25) is 5.02 Å². The van der Waals surface area contributed by atoms with E-state index >= 15 is 0 Å². The Labute approximate surface area is 135 Å². The summed E-state index contributed by atoms with van der Waals surface area (Å²) in [4.78, 5) is 25.9. The Kier molecular flexibility index (Phi) is 3.83. The van der Waals surface area contributed by atoms with Crippen molar-refractivity contribution in [1.29, 1.82) is 0 Å². The van der Waals surface area contributed by atoms with Crippen LogP contribution in [0.25, 0.3) is 0 Å². The van der Waals surface area contributed by atoms with Crippen molar-refractivity contribution < 1.29 is 9.59 Å². The molecular formula is C16H11BrClNO2. The fraction of sp³-hybridized carbons (Fsp3) is 0.125. The number of amides is 2. The number of fused-ring (bicyclic) bond motifs is 1. The number of carbonyl (C=O) groups is 2. The molecule has 0 radical (unpaired) electrons. The molecule has 0 saturated heterocycles. The van der Waals surface area contributed by atoms with Gasteiger partial charge in [0.15, 0.2) is 0 Å². The molecule has 3 nitrogen and oxygen atoms in total. The molecule has 21 heavy (non-hydrogen) atoms. The molecule has 2 aromatic rings. The van der Waals surface area contributed by atoms with E-state index in [1.165, 1.54) is 4.90 Å². The van der Waals surface area contributed by atoms with Crippen molar-refractivity contribution in [3.63, 3.8) is 0 Å². The van der Waals surface area contributed by atoms with Gasteiger partial charge in [0.05, 0.1) is 17.7 Å². The van der Waals surface area contributed by atoms with E-state index in [1.54, 1.807) is 30.3 Å². The first-order chi connectivity index (χ1) is 10.1. The fourth-order valence-corrected chi connectivity index (χ4v) is 3.06. The number of alkyl halides is 1. The second kappa shape index (κ2) is 5.62. The van der Waals surface area contributed by atoms with Gasteiger partial charge >= 0.3 is 0 Å². The lowest BCUT2D eigenvalue weighted by molar-refractivity contribution is 0.0642. The highest BCUT2D eigenvalue weighted by Crippen LogP contribution is 2.25. The Morgan fingerprint density at radius 3 is 2.10 bits per heavy atom. The lowest BCUT2D eigenvalue weighted by atomic mass is 10.1. The van der Waals surface area contributed by atoms with Gasteiger partial charge in [-0.05, 0) is 35.4 Å². The molecule has 0 saturated carbocycles. The maximum absolute atomic E-state index is 12.3. The van der Waals surface area contributed by atoms with Crippen LogP contribution in [0, 0.1) is 0 Å². The van der Waals surface area contributed by atoms with Crippen LogP contribution < -0.4 is 0 Å². The molecular weight excluding hydrogens is 354 g/mol. The van der Waals surface area contributed by atoms with Crippen LogP contribution in [-0.2, 0) is 11.9 Å². The second-order valence-electron chi connectivity index (χ2n) is 4.84. The topological polar surface area (TPSA) is 37.4 Å². The van der Waals surface area contributed by atoms with Gasteiger partial charge < -0.3 is 0 Å². The highest BCUT2D eigenvalue weighted by Gasteiger charge is 2.34. The molecule has 5 heteroatoms. The Hall–Kier alpha value is -1.65. The molecule has 0 aliphatic carbocycles. The number of hydrogen-bond acceptors (Lipinski definition) is 2. The van der Waals surface area contributed by atoms with Crippen LogP contribution in [-0.4, -0.2) is 16.7 Å². The van der Waals surface area contributed by atoms with Gasteiger partial charge in [-0.25, -0.2) is 0 Å².